The molecule has 0 aliphatic rings. The maximum atomic E-state index is 9.44. The Labute approximate surface area is 90.1 Å². The summed E-state index contributed by atoms with van der Waals surface area (Å²) in [5, 5.41) is 17.9. The Bertz CT molecular complexity index is 357. The van der Waals surface area contributed by atoms with Crippen molar-refractivity contribution in [2.24, 2.45) is 0 Å². The van der Waals surface area contributed by atoms with Gasteiger partial charge in [0.15, 0.2) is 0 Å². The smallest absolute Gasteiger partial charge is 0.135 e. The molecule has 0 aromatic heterocycles. The number of halogens is 1. The average molecular weight is 289 g/mol. The summed E-state index contributed by atoms with van der Waals surface area (Å²) >= 11 is 2.10. The zero-order chi connectivity index (χ0) is 9.84. The van der Waals surface area contributed by atoms with E-state index in [2.05, 4.69) is 22.6 Å². The molecule has 0 heterocycles. The molecule has 0 fully saturated rings. The summed E-state index contributed by atoms with van der Waals surface area (Å²) < 4.78 is 5.90. The predicted octanol–water partition coefficient (Wildman–Crippen LogP) is 2.07. The van der Waals surface area contributed by atoms with Gasteiger partial charge in [-0.2, -0.15) is 5.26 Å². The summed E-state index contributed by atoms with van der Waals surface area (Å²) in [5.74, 6) is 0.735. The zero-order valence-corrected chi connectivity index (χ0v) is 9.20. The molecule has 0 amide bonds. The Hall–Kier alpha value is -0.960. The first-order valence-electron chi connectivity index (χ1n) is 3.61. The second-order valence-electron chi connectivity index (χ2n) is 2.45. The second kappa shape index (κ2) is 4.33. The molecule has 1 aromatic carbocycles. The molecule has 0 saturated carbocycles. The van der Waals surface area contributed by atoms with E-state index in [1.807, 2.05) is 6.07 Å². The van der Waals surface area contributed by atoms with Crippen molar-refractivity contribution in [2.45, 2.75) is 6.42 Å². The number of hydrogen-bond acceptors (Lipinski definition) is 3. The number of phenolic OH excluding ortho intramolecular Hbond substituents is 1. The van der Waals surface area contributed by atoms with Crippen LogP contribution in [0, 0.1) is 14.9 Å². The molecule has 68 valence electrons. The predicted molar refractivity (Wildman–Crippen MR) is 56.7 cm³/mol. The monoisotopic (exact) mass is 289 g/mol. The maximum Gasteiger partial charge on any atom is 0.135 e. The van der Waals surface area contributed by atoms with E-state index in [0.29, 0.717) is 11.3 Å². The van der Waals surface area contributed by atoms with Crippen LogP contribution in [0.5, 0.6) is 11.5 Å². The molecule has 0 saturated heterocycles. The van der Waals surface area contributed by atoms with E-state index in [0.717, 1.165) is 3.57 Å². The summed E-state index contributed by atoms with van der Waals surface area (Å²) in [7, 11) is 1.54. The van der Waals surface area contributed by atoms with E-state index in [9.17, 15) is 5.11 Å². The lowest BCUT2D eigenvalue weighted by Crippen LogP contribution is -1.90. The number of aromatic hydroxyl groups is 1. The number of hydrogen-bond donors (Lipinski definition) is 1. The number of nitrogens with zero attached hydrogens (tertiary/aromatic N) is 1. The van der Waals surface area contributed by atoms with Gasteiger partial charge in [-0.05, 0) is 28.7 Å². The first-order chi connectivity index (χ1) is 6.19. The molecule has 4 heteroatoms. The molecule has 0 aliphatic carbocycles. The van der Waals surface area contributed by atoms with Crippen molar-refractivity contribution < 1.29 is 9.84 Å². The minimum Gasteiger partial charge on any atom is -0.507 e. The van der Waals surface area contributed by atoms with Crippen LogP contribution in [0.3, 0.4) is 0 Å². The highest BCUT2D eigenvalue weighted by molar-refractivity contribution is 14.1. The van der Waals surface area contributed by atoms with Crippen molar-refractivity contribution in [3.8, 4) is 17.6 Å². The van der Waals surface area contributed by atoms with Crippen LogP contribution < -0.4 is 4.74 Å². The Morgan fingerprint density at radius 2 is 2.31 bits per heavy atom. The van der Waals surface area contributed by atoms with Gasteiger partial charge in [-0.15, -0.1) is 0 Å². The fraction of sp³-hybridized carbons (Fsp3) is 0.222. The minimum absolute atomic E-state index is 0.110. The van der Waals surface area contributed by atoms with Gasteiger partial charge in [0.1, 0.15) is 11.5 Å². The highest BCUT2D eigenvalue weighted by Crippen LogP contribution is 2.29. The third-order valence-electron chi connectivity index (χ3n) is 1.62. The van der Waals surface area contributed by atoms with Gasteiger partial charge in [-0.3, -0.25) is 0 Å². The van der Waals surface area contributed by atoms with Crippen molar-refractivity contribution in [1.29, 1.82) is 5.26 Å². The number of rotatable bonds is 2. The Kier molecular flexibility index (Phi) is 3.37. The van der Waals surface area contributed by atoms with Crippen molar-refractivity contribution >= 4 is 22.6 Å². The average Bonchev–Trinajstić information content (AvgIpc) is 2.11. The maximum absolute atomic E-state index is 9.44. The summed E-state index contributed by atoms with van der Waals surface area (Å²) in [6.45, 7) is 0. The molecule has 3 nitrogen and oxygen atoms in total. The number of methoxy groups -OCH3 is 1. The molecule has 0 bridgehead atoms. The van der Waals surface area contributed by atoms with Crippen molar-refractivity contribution in [2.75, 3.05) is 7.11 Å². The summed E-state index contributed by atoms with van der Waals surface area (Å²) in [6, 6.07) is 5.26. The van der Waals surface area contributed by atoms with Gasteiger partial charge >= 0.3 is 0 Å². The van der Waals surface area contributed by atoms with E-state index in [1.165, 1.54) is 6.07 Å². The van der Waals surface area contributed by atoms with Crippen LogP contribution in [0.2, 0.25) is 0 Å². The fourth-order valence-corrected chi connectivity index (χ4v) is 1.72. The largest absolute Gasteiger partial charge is 0.507 e. The topological polar surface area (TPSA) is 53.2 Å². The van der Waals surface area contributed by atoms with Crippen LogP contribution >= 0.6 is 22.6 Å². The van der Waals surface area contributed by atoms with E-state index in [1.54, 1.807) is 13.2 Å². The van der Waals surface area contributed by atoms with Crippen molar-refractivity contribution in [1.82, 2.24) is 0 Å². The lowest BCUT2D eigenvalue weighted by Gasteiger charge is -2.06. The van der Waals surface area contributed by atoms with Crippen molar-refractivity contribution in [3.05, 3.63) is 21.3 Å². The van der Waals surface area contributed by atoms with Gasteiger partial charge in [0, 0.05) is 11.6 Å². The summed E-state index contributed by atoms with van der Waals surface area (Å²) in [5.41, 5.74) is 0.632. The quantitative estimate of drug-likeness (QED) is 0.848. The number of phenols is 1. The number of benzene rings is 1. The lowest BCUT2D eigenvalue weighted by atomic mass is 10.1. The second-order valence-corrected chi connectivity index (χ2v) is 3.61. The van der Waals surface area contributed by atoms with E-state index in [4.69, 9.17) is 10.00 Å². The highest BCUT2D eigenvalue weighted by atomic mass is 127. The zero-order valence-electron chi connectivity index (χ0n) is 7.04. The number of ether oxygens (including phenoxy) is 1. The molecule has 1 rings (SSSR count). The van der Waals surface area contributed by atoms with Gasteiger partial charge < -0.3 is 9.84 Å². The first kappa shape index (κ1) is 10.1. The van der Waals surface area contributed by atoms with Gasteiger partial charge in [0.05, 0.1) is 23.2 Å². The molecule has 0 spiro atoms. The molecule has 1 aromatic rings. The third-order valence-corrected chi connectivity index (χ3v) is 2.47. The van der Waals surface area contributed by atoms with E-state index >= 15 is 0 Å². The standard InChI is InChI=1S/C9H8INO2/c1-13-9-5-8(12)6(2-3-11)4-7(9)10/h4-5,12H,2H2,1H3. The van der Waals surface area contributed by atoms with Gasteiger partial charge in [-0.1, -0.05) is 0 Å². The summed E-state index contributed by atoms with van der Waals surface area (Å²) in [6.07, 6.45) is 0.214. The van der Waals surface area contributed by atoms with Crippen LogP contribution in [-0.2, 0) is 6.42 Å². The van der Waals surface area contributed by atoms with Crippen LogP contribution in [0.1, 0.15) is 5.56 Å². The van der Waals surface area contributed by atoms with Crippen molar-refractivity contribution in [3.63, 3.8) is 0 Å². The van der Waals surface area contributed by atoms with E-state index < -0.39 is 0 Å². The molecule has 1 N–H and O–H groups in total. The highest BCUT2D eigenvalue weighted by Gasteiger charge is 2.06. The Morgan fingerprint density at radius 3 is 2.85 bits per heavy atom. The van der Waals surface area contributed by atoms with Crippen LogP contribution in [0.15, 0.2) is 12.1 Å². The van der Waals surface area contributed by atoms with Gasteiger partial charge in [0.25, 0.3) is 0 Å². The fourth-order valence-electron chi connectivity index (χ4n) is 0.967. The molecule has 0 aliphatic heterocycles. The van der Waals surface area contributed by atoms with Gasteiger partial charge in [-0.25, -0.2) is 0 Å². The SMILES string of the molecule is COc1cc(O)c(CC#N)cc1I. The Balaban J connectivity index is 3.14. The molecule has 0 atom stereocenters. The molecule has 0 unspecified atom stereocenters. The summed E-state index contributed by atoms with van der Waals surface area (Å²) in [4.78, 5) is 0. The molecular weight excluding hydrogens is 281 g/mol. The normalized spacial score (nSPS) is 9.31. The minimum atomic E-state index is 0.110. The van der Waals surface area contributed by atoms with Crippen LogP contribution in [-0.4, -0.2) is 12.2 Å². The molecule has 13 heavy (non-hydrogen) atoms. The van der Waals surface area contributed by atoms with Crippen LogP contribution in [0.4, 0.5) is 0 Å². The number of nitriles is 1. The Morgan fingerprint density at radius 1 is 1.62 bits per heavy atom. The van der Waals surface area contributed by atoms with E-state index in [-0.39, 0.29) is 12.2 Å². The molecular formula is C9H8INO2. The van der Waals surface area contributed by atoms with Gasteiger partial charge in [0.2, 0.25) is 0 Å². The third kappa shape index (κ3) is 2.25. The first-order valence-corrected chi connectivity index (χ1v) is 4.69. The molecule has 0 radical (unpaired) electrons. The lowest BCUT2D eigenvalue weighted by molar-refractivity contribution is 0.404. The van der Waals surface area contributed by atoms with Crippen LogP contribution in [0.25, 0.3) is 0 Å².